The maximum Gasteiger partial charge on any atom is 0.242 e. The number of hydrogen-bond donors (Lipinski definition) is 1. The van der Waals surface area contributed by atoms with Crippen LogP contribution >= 0.6 is 11.6 Å². The van der Waals surface area contributed by atoms with Crippen molar-refractivity contribution in [2.45, 2.75) is 52.6 Å². The van der Waals surface area contributed by atoms with Crippen LogP contribution in [-0.2, 0) is 26.2 Å². The molecular formula is C26H36ClN3O5S. The average molecular weight is 538 g/mol. The van der Waals surface area contributed by atoms with Gasteiger partial charge in [-0.3, -0.25) is 13.9 Å². The number of ether oxygens (including phenoxy) is 1. The van der Waals surface area contributed by atoms with Gasteiger partial charge in [-0.1, -0.05) is 48.4 Å². The number of sulfonamides is 1. The van der Waals surface area contributed by atoms with E-state index in [1.54, 1.807) is 24.0 Å². The van der Waals surface area contributed by atoms with E-state index in [0.717, 1.165) is 23.8 Å². The lowest BCUT2D eigenvalue weighted by Gasteiger charge is -2.29. The van der Waals surface area contributed by atoms with Crippen LogP contribution in [0.2, 0.25) is 5.02 Å². The molecule has 1 N–H and O–H groups in total. The minimum absolute atomic E-state index is 0.0766. The summed E-state index contributed by atoms with van der Waals surface area (Å²) in [7, 11) is -2.14. The number of nitrogens with one attached hydrogen (secondary N) is 1. The number of methoxy groups -OCH3 is 1. The van der Waals surface area contributed by atoms with Gasteiger partial charge in [0.05, 0.1) is 24.1 Å². The van der Waals surface area contributed by atoms with E-state index >= 15 is 0 Å². The van der Waals surface area contributed by atoms with Gasteiger partial charge in [0.25, 0.3) is 0 Å². The molecule has 0 aliphatic heterocycles. The maximum atomic E-state index is 13.3. The van der Waals surface area contributed by atoms with Crippen molar-refractivity contribution < 1.29 is 22.7 Å². The van der Waals surface area contributed by atoms with Crippen LogP contribution in [0.3, 0.4) is 0 Å². The summed E-state index contributed by atoms with van der Waals surface area (Å²) in [6.07, 6.45) is 2.24. The molecule has 0 aliphatic rings. The zero-order chi connectivity index (χ0) is 26.9. The Bertz CT molecular complexity index is 1140. The standard InChI is InChI=1S/C26H36ClN3O5S/c1-6-15-28-26(32)20(3)29(18-21-11-9-19(2)10-12-21)25(31)8-7-16-30(36(5,33)34)22-13-14-24(35-4)23(27)17-22/h9-14,17,20H,6-8,15-16,18H2,1-5H3,(H,28,32)/t20-/m1/s1. The van der Waals surface area contributed by atoms with Gasteiger partial charge in [-0.15, -0.1) is 0 Å². The van der Waals surface area contributed by atoms with Gasteiger partial charge < -0.3 is 15.0 Å². The van der Waals surface area contributed by atoms with Gasteiger partial charge >= 0.3 is 0 Å². The number of amides is 2. The quantitative estimate of drug-likeness (QED) is 0.414. The Hall–Kier alpha value is -2.78. The fraction of sp³-hybridized carbons (Fsp3) is 0.462. The monoisotopic (exact) mass is 537 g/mol. The molecule has 36 heavy (non-hydrogen) atoms. The summed E-state index contributed by atoms with van der Waals surface area (Å²) in [4.78, 5) is 27.5. The number of aryl methyl sites for hydroxylation is 1. The molecular weight excluding hydrogens is 502 g/mol. The van der Waals surface area contributed by atoms with Crippen molar-refractivity contribution in [1.29, 1.82) is 0 Å². The van der Waals surface area contributed by atoms with Crippen LogP contribution < -0.4 is 14.4 Å². The molecule has 0 aliphatic carbocycles. The van der Waals surface area contributed by atoms with Gasteiger partial charge in [-0.2, -0.15) is 0 Å². The number of carbonyl (C=O) groups is 2. The molecule has 0 aromatic heterocycles. The average Bonchev–Trinajstić information content (AvgIpc) is 2.83. The molecule has 8 nitrogen and oxygen atoms in total. The van der Waals surface area contributed by atoms with E-state index in [9.17, 15) is 18.0 Å². The highest BCUT2D eigenvalue weighted by molar-refractivity contribution is 7.92. The predicted molar refractivity (Wildman–Crippen MR) is 144 cm³/mol. The summed E-state index contributed by atoms with van der Waals surface area (Å²) >= 11 is 6.19. The largest absolute Gasteiger partial charge is 0.495 e. The van der Waals surface area contributed by atoms with Crippen molar-refractivity contribution in [3.05, 3.63) is 58.6 Å². The third-order valence-corrected chi connectivity index (χ3v) is 7.26. The summed E-state index contributed by atoms with van der Waals surface area (Å²) in [6.45, 7) is 6.55. The van der Waals surface area contributed by atoms with Crippen LogP contribution in [-0.4, -0.2) is 57.6 Å². The van der Waals surface area contributed by atoms with E-state index in [1.165, 1.54) is 17.5 Å². The van der Waals surface area contributed by atoms with Crippen LogP contribution in [0.5, 0.6) is 5.75 Å². The smallest absolute Gasteiger partial charge is 0.242 e. The molecule has 0 unspecified atom stereocenters. The van der Waals surface area contributed by atoms with Crippen LogP contribution in [0.1, 0.15) is 44.2 Å². The highest BCUT2D eigenvalue weighted by atomic mass is 35.5. The molecule has 0 heterocycles. The number of carbonyl (C=O) groups excluding carboxylic acids is 2. The summed E-state index contributed by atoms with van der Waals surface area (Å²) in [6, 6.07) is 11.9. The molecule has 0 radical (unpaired) electrons. The van der Waals surface area contributed by atoms with Crippen molar-refractivity contribution in [1.82, 2.24) is 10.2 Å². The van der Waals surface area contributed by atoms with Gasteiger partial charge in [0.15, 0.2) is 0 Å². The molecule has 0 fully saturated rings. The van der Waals surface area contributed by atoms with Gasteiger partial charge in [0.2, 0.25) is 21.8 Å². The summed E-state index contributed by atoms with van der Waals surface area (Å²) < 4.78 is 31.3. The van der Waals surface area contributed by atoms with Crippen LogP contribution in [0.4, 0.5) is 5.69 Å². The summed E-state index contributed by atoms with van der Waals surface area (Å²) in [5.41, 5.74) is 2.40. The van der Waals surface area contributed by atoms with Crippen LogP contribution in [0.15, 0.2) is 42.5 Å². The maximum absolute atomic E-state index is 13.3. The number of halogens is 1. The van der Waals surface area contributed by atoms with E-state index in [4.69, 9.17) is 16.3 Å². The number of hydrogen-bond acceptors (Lipinski definition) is 5. The highest BCUT2D eigenvalue weighted by Crippen LogP contribution is 2.30. The number of anilines is 1. The van der Waals surface area contributed by atoms with Gasteiger partial charge in [0.1, 0.15) is 11.8 Å². The Labute approximate surface area is 219 Å². The van der Waals surface area contributed by atoms with E-state index in [2.05, 4.69) is 5.32 Å². The van der Waals surface area contributed by atoms with Crippen molar-refractivity contribution in [3.63, 3.8) is 0 Å². The van der Waals surface area contributed by atoms with Crippen molar-refractivity contribution >= 4 is 39.1 Å². The van der Waals surface area contributed by atoms with Crippen molar-refractivity contribution in [2.75, 3.05) is 30.8 Å². The minimum Gasteiger partial charge on any atom is -0.495 e. The third kappa shape index (κ3) is 8.41. The molecule has 2 amide bonds. The number of rotatable bonds is 13. The zero-order valence-corrected chi connectivity index (χ0v) is 23.2. The number of benzene rings is 2. The first-order chi connectivity index (χ1) is 17.0. The Morgan fingerprint density at radius 3 is 2.36 bits per heavy atom. The van der Waals surface area contributed by atoms with Crippen LogP contribution in [0, 0.1) is 6.92 Å². The lowest BCUT2D eigenvalue weighted by molar-refractivity contribution is -0.140. The molecule has 10 heteroatoms. The molecule has 1 atom stereocenters. The lowest BCUT2D eigenvalue weighted by Crippen LogP contribution is -2.47. The summed E-state index contributed by atoms with van der Waals surface area (Å²) in [5.74, 6) is -0.00924. The van der Waals surface area contributed by atoms with Gasteiger partial charge in [-0.25, -0.2) is 8.42 Å². The summed E-state index contributed by atoms with van der Waals surface area (Å²) in [5, 5.41) is 3.14. The molecule has 198 valence electrons. The van der Waals surface area contributed by atoms with Crippen LogP contribution in [0.25, 0.3) is 0 Å². The Morgan fingerprint density at radius 2 is 1.81 bits per heavy atom. The molecule has 2 aromatic carbocycles. The van der Waals surface area contributed by atoms with Gasteiger partial charge in [-0.05, 0) is 50.5 Å². The molecule has 0 saturated carbocycles. The first kappa shape index (κ1) is 29.5. The lowest BCUT2D eigenvalue weighted by atomic mass is 10.1. The minimum atomic E-state index is -3.62. The van der Waals surface area contributed by atoms with E-state index in [1.807, 2.05) is 38.1 Å². The normalized spacial score (nSPS) is 12.1. The predicted octanol–water partition coefficient (Wildman–Crippen LogP) is 4.15. The Kier molecular flexibility index (Phi) is 11.0. The number of nitrogens with zero attached hydrogens (tertiary/aromatic N) is 2. The molecule has 2 aromatic rings. The molecule has 0 spiro atoms. The van der Waals surface area contributed by atoms with Crippen molar-refractivity contribution in [2.24, 2.45) is 0 Å². The Morgan fingerprint density at radius 1 is 1.14 bits per heavy atom. The molecule has 0 saturated heterocycles. The van der Waals surface area contributed by atoms with E-state index < -0.39 is 16.1 Å². The van der Waals surface area contributed by atoms with Gasteiger partial charge in [0, 0.05) is 26.1 Å². The van der Waals surface area contributed by atoms with E-state index in [-0.39, 0.29) is 42.8 Å². The second-order valence-corrected chi connectivity index (χ2v) is 11.0. The first-order valence-electron chi connectivity index (χ1n) is 11.9. The molecule has 2 rings (SSSR count). The third-order valence-electron chi connectivity index (χ3n) is 5.77. The molecule has 0 bridgehead atoms. The Balaban J connectivity index is 2.17. The fourth-order valence-corrected chi connectivity index (χ4v) is 4.89. The second-order valence-electron chi connectivity index (χ2n) is 8.73. The zero-order valence-electron chi connectivity index (χ0n) is 21.6. The SMILES string of the molecule is CCCNC(=O)[C@@H](C)N(Cc1ccc(C)cc1)C(=O)CCCN(c1ccc(OC)c(Cl)c1)S(C)(=O)=O. The topological polar surface area (TPSA) is 96.0 Å². The first-order valence-corrected chi connectivity index (χ1v) is 14.1. The second kappa shape index (κ2) is 13.5. The highest BCUT2D eigenvalue weighted by Gasteiger charge is 2.26. The van der Waals surface area contributed by atoms with Crippen molar-refractivity contribution in [3.8, 4) is 5.75 Å². The van der Waals surface area contributed by atoms with E-state index in [0.29, 0.717) is 18.0 Å². The fourth-order valence-electron chi connectivity index (χ4n) is 3.68.